The highest BCUT2D eigenvalue weighted by Crippen LogP contribution is 2.34. The number of rotatable bonds is 5. The lowest BCUT2D eigenvalue weighted by molar-refractivity contribution is 0.467. The summed E-state index contributed by atoms with van der Waals surface area (Å²) in [5.74, 6) is -1.26. The zero-order chi connectivity index (χ0) is 20.6. The van der Waals surface area contributed by atoms with Crippen molar-refractivity contribution in [2.24, 2.45) is 7.05 Å². The van der Waals surface area contributed by atoms with E-state index in [1.54, 1.807) is 41.9 Å². The molecule has 1 aliphatic heterocycles. The molecule has 0 bridgehead atoms. The molecular formula is C20H20F2N4O2S. The molecule has 1 saturated heterocycles. The van der Waals surface area contributed by atoms with E-state index in [-0.39, 0.29) is 18.1 Å². The number of hydrogen-bond donors (Lipinski definition) is 1. The van der Waals surface area contributed by atoms with Crippen molar-refractivity contribution in [2.45, 2.75) is 17.0 Å². The van der Waals surface area contributed by atoms with E-state index in [0.717, 1.165) is 0 Å². The number of halogens is 2. The number of hydrogen-bond acceptors (Lipinski definition) is 4. The van der Waals surface area contributed by atoms with Gasteiger partial charge in [0.15, 0.2) is 5.03 Å². The van der Waals surface area contributed by atoms with Crippen molar-refractivity contribution in [2.75, 3.05) is 18.4 Å². The molecule has 0 amide bonds. The minimum Gasteiger partial charge on any atom is -0.380 e. The van der Waals surface area contributed by atoms with E-state index in [2.05, 4.69) is 10.3 Å². The molecule has 1 aromatic heterocycles. The maximum absolute atomic E-state index is 14.5. The standard InChI is InChI=1S/C20H20F2N4O2S/c1-25-12-20(23-13-25)29(27,28)26-10-17(16-7-2-3-8-18(16)22)19(11-26)24-15-6-4-5-14(21)9-15/h2-9,12-13,17,19,24H,10-11H2,1H3/t17-,19+/m0/s1. The van der Waals surface area contributed by atoms with Crippen LogP contribution in [0, 0.1) is 11.6 Å². The van der Waals surface area contributed by atoms with Gasteiger partial charge >= 0.3 is 0 Å². The number of benzene rings is 2. The third kappa shape index (κ3) is 3.88. The molecule has 1 fully saturated rings. The van der Waals surface area contributed by atoms with E-state index in [0.29, 0.717) is 11.3 Å². The van der Waals surface area contributed by atoms with Crippen LogP contribution in [0.3, 0.4) is 0 Å². The molecule has 3 aromatic rings. The fourth-order valence-corrected chi connectivity index (χ4v) is 5.11. The summed E-state index contributed by atoms with van der Waals surface area (Å²) in [5, 5.41) is 3.12. The highest BCUT2D eigenvalue weighted by Gasteiger charge is 2.41. The smallest absolute Gasteiger partial charge is 0.262 e. The minimum absolute atomic E-state index is 0.0568. The zero-order valence-corrected chi connectivity index (χ0v) is 16.5. The quantitative estimate of drug-likeness (QED) is 0.692. The van der Waals surface area contributed by atoms with Gasteiger partial charge < -0.3 is 9.88 Å². The molecule has 0 saturated carbocycles. The predicted octanol–water partition coefficient (Wildman–Crippen LogP) is 2.97. The SMILES string of the molecule is Cn1cnc(S(=O)(=O)N2C[C@@H](Nc3cccc(F)c3)[C@H](c3ccccc3F)C2)c1. The first-order valence-electron chi connectivity index (χ1n) is 9.09. The van der Waals surface area contributed by atoms with E-state index in [4.69, 9.17) is 0 Å². The van der Waals surface area contributed by atoms with Gasteiger partial charge in [-0.1, -0.05) is 24.3 Å². The monoisotopic (exact) mass is 418 g/mol. The average Bonchev–Trinajstić information content (AvgIpc) is 3.30. The lowest BCUT2D eigenvalue weighted by Gasteiger charge is -2.21. The lowest BCUT2D eigenvalue weighted by Crippen LogP contribution is -2.32. The summed E-state index contributed by atoms with van der Waals surface area (Å²) in [4.78, 5) is 3.96. The Kier molecular flexibility index (Phi) is 5.10. The summed E-state index contributed by atoms with van der Waals surface area (Å²) in [6, 6.07) is 11.8. The number of sulfonamides is 1. The predicted molar refractivity (Wildman–Crippen MR) is 105 cm³/mol. The van der Waals surface area contributed by atoms with Crippen LogP contribution in [0.4, 0.5) is 14.5 Å². The average molecular weight is 418 g/mol. The number of nitrogens with zero attached hydrogens (tertiary/aromatic N) is 3. The summed E-state index contributed by atoms with van der Waals surface area (Å²) in [6.07, 6.45) is 2.85. The lowest BCUT2D eigenvalue weighted by atomic mass is 9.93. The molecule has 152 valence electrons. The fourth-order valence-electron chi connectivity index (χ4n) is 3.65. The molecule has 0 radical (unpaired) electrons. The van der Waals surface area contributed by atoms with E-state index in [1.807, 2.05) is 0 Å². The second-order valence-electron chi connectivity index (χ2n) is 7.09. The number of aryl methyl sites for hydroxylation is 1. The second kappa shape index (κ2) is 7.57. The summed E-state index contributed by atoms with van der Waals surface area (Å²) in [6.45, 7) is 0.196. The van der Waals surface area contributed by atoms with Crippen LogP contribution in [-0.2, 0) is 17.1 Å². The van der Waals surface area contributed by atoms with Crippen molar-refractivity contribution >= 4 is 15.7 Å². The molecule has 1 aliphatic rings. The van der Waals surface area contributed by atoms with Gasteiger partial charge in [-0.05, 0) is 29.8 Å². The van der Waals surface area contributed by atoms with Crippen LogP contribution in [0.1, 0.15) is 11.5 Å². The van der Waals surface area contributed by atoms with E-state index in [9.17, 15) is 17.2 Å². The molecule has 0 spiro atoms. The summed E-state index contributed by atoms with van der Waals surface area (Å²) in [5.41, 5.74) is 0.925. The number of aromatic nitrogens is 2. The third-order valence-corrected chi connectivity index (χ3v) is 6.77. The Morgan fingerprint density at radius 1 is 1.10 bits per heavy atom. The molecule has 9 heteroatoms. The van der Waals surface area contributed by atoms with E-state index >= 15 is 0 Å². The molecule has 0 unspecified atom stereocenters. The first-order chi connectivity index (χ1) is 13.8. The zero-order valence-electron chi connectivity index (χ0n) is 15.7. The number of nitrogens with one attached hydrogen (secondary N) is 1. The van der Waals surface area contributed by atoms with Crippen LogP contribution in [0.5, 0.6) is 0 Å². The van der Waals surface area contributed by atoms with Crippen LogP contribution in [0.2, 0.25) is 0 Å². The van der Waals surface area contributed by atoms with Crippen LogP contribution in [0.25, 0.3) is 0 Å². The van der Waals surface area contributed by atoms with E-state index in [1.165, 1.54) is 35.0 Å². The van der Waals surface area contributed by atoms with Crippen LogP contribution < -0.4 is 5.32 Å². The van der Waals surface area contributed by atoms with Gasteiger partial charge in [0, 0.05) is 44.0 Å². The van der Waals surface area contributed by atoms with Gasteiger partial charge in [-0.15, -0.1) is 0 Å². The highest BCUT2D eigenvalue weighted by molar-refractivity contribution is 7.89. The van der Waals surface area contributed by atoms with Gasteiger partial charge in [-0.3, -0.25) is 0 Å². The van der Waals surface area contributed by atoms with Gasteiger partial charge in [0.25, 0.3) is 10.0 Å². The van der Waals surface area contributed by atoms with Crippen molar-refractivity contribution in [1.29, 1.82) is 0 Å². The summed E-state index contributed by atoms with van der Waals surface area (Å²) < 4.78 is 57.0. The molecule has 29 heavy (non-hydrogen) atoms. The van der Waals surface area contributed by atoms with E-state index < -0.39 is 33.6 Å². The van der Waals surface area contributed by atoms with Gasteiger partial charge in [0.05, 0.1) is 6.33 Å². The Morgan fingerprint density at radius 2 is 1.90 bits per heavy atom. The van der Waals surface area contributed by atoms with Crippen molar-refractivity contribution in [3.8, 4) is 0 Å². The summed E-state index contributed by atoms with van der Waals surface area (Å²) >= 11 is 0. The fraction of sp³-hybridized carbons (Fsp3) is 0.250. The molecule has 2 heterocycles. The highest BCUT2D eigenvalue weighted by atomic mass is 32.2. The Bertz CT molecular complexity index is 1130. The van der Waals surface area contributed by atoms with Crippen molar-refractivity contribution < 1.29 is 17.2 Å². The first kappa shape index (κ1) is 19.5. The topological polar surface area (TPSA) is 67.2 Å². The molecule has 0 aliphatic carbocycles. The third-order valence-electron chi connectivity index (χ3n) is 5.05. The Balaban J connectivity index is 1.68. The van der Waals surface area contributed by atoms with Crippen molar-refractivity contribution in [3.63, 3.8) is 0 Å². The molecule has 2 aromatic carbocycles. The Labute approximate surface area is 167 Å². The molecular weight excluding hydrogens is 398 g/mol. The molecule has 1 N–H and O–H groups in total. The van der Waals surface area contributed by atoms with Crippen LogP contribution in [-0.4, -0.2) is 41.4 Å². The number of anilines is 1. The first-order valence-corrected chi connectivity index (χ1v) is 10.5. The Hall–Kier alpha value is -2.78. The molecule has 4 rings (SSSR count). The largest absolute Gasteiger partial charge is 0.380 e. The molecule has 6 nitrogen and oxygen atoms in total. The summed E-state index contributed by atoms with van der Waals surface area (Å²) in [7, 11) is -2.15. The maximum Gasteiger partial charge on any atom is 0.262 e. The van der Waals surface area contributed by atoms with Crippen LogP contribution in [0.15, 0.2) is 66.1 Å². The van der Waals surface area contributed by atoms with Crippen LogP contribution >= 0.6 is 0 Å². The van der Waals surface area contributed by atoms with Gasteiger partial charge in [-0.25, -0.2) is 22.2 Å². The normalized spacial score (nSPS) is 20.1. The maximum atomic E-state index is 14.5. The number of imidazole rings is 1. The van der Waals surface area contributed by atoms with Gasteiger partial charge in [-0.2, -0.15) is 4.31 Å². The van der Waals surface area contributed by atoms with Crippen molar-refractivity contribution in [1.82, 2.24) is 13.9 Å². The van der Waals surface area contributed by atoms with Gasteiger partial charge in [0.1, 0.15) is 11.6 Å². The molecule has 2 atom stereocenters. The Morgan fingerprint density at radius 3 is 2.59 bits per heavy atom. The minimum atomic E-state index is -3.84. The van der Waals surface area contributed by atoms with Gasteiger partial charge in [0.2, 0.25) is 0 Å². The van der Waals surface area contributed by atoms with Crippen molar-refractivity contribution in [3.05, 3.63) is 78.3 Å². The second-order valence-corrected chi connectivity index (χ2v) is 8.97.